The lowest BCUT2D eigenvalue weighted by Crippen LogP contribution is -2.22. The van der Waals surface area contributed by atoms with E-state index in [4.69, 9.17) is 9.15 Å². The van der Waals surface area contributed by atoms with Crippen molar-refractivity contribution in [2.24, 2.45) is 0 Å². The van der Waals surface area contributed by atoms with Gasteiger partial charge in [0.2, 0.25) is 11.8 Å². The zero-order chi connectivity index (χ0) is 15.1. The number of nitrogens with one attached hydrogen (secondary N) is 1. The summed E-state index contributed by atoms with van der Waals surface area (Å²) in [5, 5.41) is 11.7. The van der Waals surface area contributed by atoms with Gasteiger partial charge < -0.3 is 14.5 Å². The van der Waals surface area contributed by atoms with Crippen LogP contribution in [0.3, 0.4) is 0 Å². The van der Waals surface area contributed by atoms with E-state index in [1.165, 1.54) is 0 Å². The van der Waals surface area contributed by atoms with E-state index in [0.717, 1.165) is 24.9 Å². The second-order valence-corrected chi connectivity index (χ2v) is 5.02. The third-order valence-electron chi connectivity index (χ3n) is 3.44. The van der Waals surface area contributed by atoms with Gasteiger partial charge in [-0.25, -0.2) is 0 Å². The number of benzene rings is 1. The Kier molecular flexibility index (Phi) is 5.90. The number of methoxy groups -OCH3 is 1. The van der Waals surface area contributed by atoms with Gasteiger partial charge in [0.1, 0.15) is 6.04 Å². The average Bonchev–Trinajstić information content (AvgIpc) is 2.99. The molecule has 0 saturated heterocycles. The van der Waals surface area contributed by atoms with E-state index in [1.807, 2.05) is 25.1 Å². The van der Waals surface area contributed by atoms with E-state index in [-0.39, 0.29) is 12.1 Å². The number of hydrogen-bond acceptors (Lipinski definition) is 5. The summed E-state index contributed by atoms with van der Waals surface area (Å²) in [4.78, 5) is 0. The van der Waals surface area contributed by atoms with Crippen molar-refractivity contribution in [1.82, 2.24) is 15.5 Å². The molecular weight excluding hydrogens is 266 g/mol. The normalized spacial score (nSPS) is 14.0. The van der Waals surface area contributed by atoms with Gasteiger partial charge in [-0.2, -0.15) is 0 Å². The molecule has 0 aliphatic rings. The highest BCUT2D eigenvalue weighted by molar-refractivity contribution is 5.23. The molecule has 5 heteroatoms. The van der Waals surface area contributed by atoms with Gasteiger partial charge in [0, 0.05) is 13.5 Å². The van der Waals surface area contributed by atoms with Crippen LogP contribution < -0.4 is 5.32 Å². The lowest BCUT2D eigenvalue weighted by molar-refractivity contribution is 0.109. The Morgan fingerprint density at radius 2 is 2.00 bits per heavy atom. The largest absolute Gasteiger partial charge is 0.423 e. The summed E-state index contributed by atoms with van der Waals surface area (Å²) in [5.41, 5.74) is 1.12. The standard InChI is InChI=1S/C16H23N3O2/c1-4-17-15(13-8-6-5-7-9-13)16-19-18-14(21-16)11-10-12(2)20-3/h5-9,12,15,17H,4,10-11H2,1-3H3. The molecule has 1 aromatic heterocycles. The van der Waals surface area contributed by atoms with E-state index in [2.05, 4.69) is 34.6 Å². The number of nitrogens with zero attached hydrogens (tertiary/aromatic N) is 2. The minimum Gasteiger partial charge on any atom is -0.423 e. The third-order valence-corrected chi connectivity index (χ3v) is 3.44. The van der Waals surface area contributed by atoms with Crippen LogP contribution in [-0.2, 0) is 11.2 Å². The number of hydrogen-bond donors (Lipinski definition) is 1. The molecule has 0 spiro atoms. The van der Waals surface area contributed by atoms with Crippen LogP contribution in [0.2, 0.25) is 0 Å². The highest BCUT2D eigenvalue weighted by Crippen LogP contribution is 2.21. The number of rotatable bonds is 8. The van der Waals surface area contributed by atoms with Gasteiger partial charge in [-0.15, -0.1) is 10.2 Å². The fourth-order valence-corrected chi connectivity index (χ4v) is 2.13. The van der Waals surface area contributed by atoms with E-state index >= 15 is 0 Å². The Labute approximate surface area is 125 Å². The molecule has 0 amide bonds. The van der Waals surface area contributed by atoms with Gasteiger partial charge >= 0.3 is 0 Å². The van der Waals surface area contributed by atoms with Crippen LogP contribution in [0.1, 0.15) is 43.7 Å². The first-order chi connectivity index (χ1) is 10.2. The zero-order valence-electron chi connectivity index (χ0n) is 12.9. The first-order valence-corrected chi connectivity index (χ1v) is 7.38. The maximum Gasteiger partial charge on any atom is 0.237 e. The van der Waals surface area contributed by atoms with Crippen molar-refractivity contribution in [1.29, 1.82) is 0 Å². The molecule has 21 heavy (non-hydrogen) atoms. The van der Waals surface area contributed by atoms with Crippen LogP contribution in [0.25, 0.3) is 0 Å². The molecule has 2 unspecified atom stereocenters. The van der Waals surface area contributed by atoms with Crippen molar-refractivity contribution in [3.8, 4) is 0 Å². The first kappa shape index (κ1) is 15.7. The number of aryl methyl sites for hydroxylation is 1. The molecule has 2 atom stereocenters. The summed E-state index contributed by atoms with van der Waals surface area (Å²) in [6.45, 7) is 4.92. The Bertz CT molecular complexity index is 527. The summed E-state index contributed by atoms with van der Waals surface area (Å²) in [6, 6.07) is 10.1. The Morgan fingerprint density at radius 3 is 2.67 bits per heavy atom. The molecule has 1 N–H and O–H groups in total. The van der Waals surface area contributed by atoms with Gasteiger partial charge in [0.05, 0.1) is 6.10 Å². The molecule has 0 radical (unpaired) electrons. The van der Waals surface area contributed by atoms with Gasteiger partial charge in [0.15, 0.2) is 0 Å². The minimum absolute atomic E-state index is 0.0581. The molecule has 1 aromatic carbocycles. The monoisotopic (exact) mass is 289 g/mol. The highest BCUT2D eigenvalue weighted by Gasteiger charge is 2.19. The fraction of sp³-hybridized carbons (Fsp3) is 0.500. The maximum atomic E-state index is 5.81. The van der Waals surface area contributed by atoms with Crippen molar-refractivity contribution in [3.05, 3.63) is 47.7 Å². The summed E-state index contributed by atoms with van der Waals surface area (Å²) in [6.07, 6.45) is 1.80. The van der Waals surface area contributed by atoms with Gasteiger partial charge in [-0.1, -0.05) is 37.3 Å². The smallest absolute Gasteiger partial charge is 0.237 e. The van der Waals surface area contributed by atoms with Crippen molar-refractivity contribution >= 4 is 0 Å². The van der Waals surface area contributed by atoms with Crippen molar-refractivity contribution in [3.63, 3.8) is 0 Å². The SMILES string of the molecule is CCNC(c1ccccc1)c1nnc(CCC(C)OC)o1. The third kappa shape index (κ3) is 4.37. The van der Waals surface area contributed by atoms with Crippen LogP contribution in [0.5, 0.6) is 0 Å². The number of aromatic nitrogens is 2. The Hall–Kier alpha value is -1.72. The fourth-order valence-electron chi connectivity index (χ4n) is 2.13. The number of ether oxygens (including phenoxy) is 1. The van der Waals surface area contributed by atoms with E-state index in [0.29, 0.717) is 11.8 Å². The van der Waals surface area contributed by atoms with Crippen LogP contribution in [0.4, 0.5) is 0 Å². The molecule has 0 fully saturated rings. The van der Waals surface area contributed by atoms with E-state index < -0.39 is 0 Å². The Morgan fingerprint density at radius 1 is 1.24 bits per heavy atom. The van der Waals surface area contributed by atoms with Gasteiger partial charge in [-0.3, -0.25) is 0 Å². The molecular formula is C16H23N3O2. The molecule has 114 valence electrons. The highest BCUT2D eigenvalue weighted by atomic mass is 16.5. The molecule has 0 saturated carbocycles. The van der Waals surface area contributed by atoms with Crippen LogP contribution in [0.15, 0.2) is 34.7 Å². The van der Waals surface area contributed by atoms with Crippen LogP contribution >= 0.6 is 0 Å². The molecule has 0 aliphatic carbocycles. The molecule has 5 nitrogen and oxygen atoms in total. The van der Waals surface area contributed by atoms with Gasteiger partial charge in [0.25, 0.3) is 0 Å². The first-order valence-electron chi connectivity index (χ1n) is 7.38. The molecule has 0 bridgehead atoms. The molecule has 2 rings (SSSR count). The maximum absolute atomic E-state index is 5.81. The predicted octanol–water partition coefficient (Wildman–Crippen LogP) is 2.74. The second-order valence-electron chi connectivity index (χ2n) is 5.02. The van der Waals surface area contributed by atoms with Crippen molar-refractivity contribution in [2.75, 3.05) is 13.7 Å². The summed E-state index contributed by atoms with van der Waals surface area (Å²) < 4.78 is 11.0. The molecule has 1 heterocycles. The summed E-state index contributed by atoms with van der Waals surface area (Å²) in [7, 11) is 1.71. The van der Waals surface area contributed by atoms with Crippen LogP contribution in [0, 0.1) is 0 Å². The summed E-state index contributed by atoms with van der Waals surface area (Å²) >= 11 is 0. The second kappa shape index (κ2) is 7.90. The quantitative estimate of drug-likeness (QED) is 0.809. The van der Waals surface area contributed by atoms with Crippen molar-refractivity contribution < 1.29 is 9.15 Å². The van der Waals surface area contributed by atoms with E-state index in [1.54, 1.807) is 7.11 Å². The molecule has 2 aromatic rings. The molecule has 0 aliphatic heterocycles. The lowest BCUT2D eigenvalue weighted by atomic mass is 10.1. The minimum atomic E-state index is -0.0581. The zero-order valence-corrected chi connectivity index (χ0v) is 12.9. The predicted molar refractivity (Wildman–Crippen MR) is 81.1 cm³/mol. The van der Waals surface area contributed by atoms with Crippen LogP contribution in [-0.4, -0.2) is 30.0 Å². The lowest BCUT2D eigenvalue weighted by Gasteiger charge is -2.14. The summed E-state index contributed by atoms with van der Waals surface area (Å²) in [5.74, 6) is 1.27. The Balaban J connectivity index is 2.09. The average molecular weight is 289 g/mol. The van der Waals surface area contributed by atoms with Gasteiger partial charge in [-0.05, 0) is 25.5 Å². The topological polar surface area (TPSA) is 60.2 Å². The van der Waals surface area contributed by atoms with Crippen molar-refractivity contribution in [2.45, 2.75) is 38.8 Å². The van der Waals surface area contributed by atoms with E-state index in [9.17, 15) is 0 Å².